The Balaban J connectivity index is 0.000000158. The molecule has 0 bridgehead atoms. The van der Waals surface area contributed by atoms with Gasteiger partial charge in [0.25, 0.3) is 30.1 Å². The van der Waals surface area contributed by atoms with E-state index in [0.717, 1.165) is 16.7 Å². The second kappa shape index (κ2) is 21.4. The van der Waals surface area contributed by atoms with Crippen molar-refractivity contribution in [3.63, 3.8) is 0 Å². The number of urea groups is 3. The van der Waals surface area contributed by atoms with Crippen LogP contribution in [-0.4, -0.2) is 101 Å². The van der Waals surface area contributed by atoms with Crippen LogP contribution in [0.2, 0.25) is 0 Å². The lowest BCUT2D eigenvalue weighted by Gasteiger charge is -2.26. The molecule has 72 heavy (non-hydrogen) atoms. The Hall–Kier alpha value is -8.22. The lowest BCUT2D eigenvalue weighted by Crippen LogP contribution is -2.35. The number of ether oxygens (including phenoxy) is 3. The fraction of sp³-hybridized carbons (Fsp3) is 0.188. The summed E-state index contributed by atoms with van der Waals surface area (Å²) < 4.78 is 98.5. The van der Waals surface area contributed by atoms with Gasteiger partial charge in [-0.05, 0) is 108 Å². The van der Waals surface area contributed by atoms with Crippen LogP contribution >= 0.6 is 0 Å². The zero-order valence-corrected chi connectivity index (χ0v) is 42.2. The van der Waals surface area contributed by atoms with Crippen LogP contribution in [0, 0.1) is 0 Å². The number of fused-ring (bicyclic) bond motifs is 3. The van der Waals surface area contributed by atoms with Gasteiger partial charge in [-0.3, -0.25) is 14.2 Å². The van der Waals surface area contributed by atoms with Crippen molar-refractivity contribution in [3.05, 3.63) is 144 Å². The van der Waals surface area contributed by atoms with E-state index in [0.29, 0.717) is 53.8 Å². The lowest BCUT2D eigenvalue weighted by atomic mass is 10.1. The summed E-state index contributed by atoms with van der Waals surface area (Å²) in [6.07, 6.45) is 0. The number of sulfonamides is 3. The molecule has 6 amide bonds. The van der Waals surface area contributed by atoms with E-state index in [2.05, 4.69) is 30.1 Å². The van der Waals surface area contributed by atoms with Gasteiger partial charge in [0, 0.05) is 74.9 Å². The first-order chi connectivity index (χ1) is 34.2. The third kappa shape index (κ3) is 11.8. The molecule has 3 heterocycles. The van der Waals surface area contributed by atoms with Gasteiger partial charge in [-0.25, -0.2) is 39.6 Å². The van der Waals surface area contributed by atoms with Gasteiger partial charge in [-0.1, -0.05) is 36.4 Å². The molecule has 6 N–H and O–H groups in total. The average molecular weight is 1040 g/mol. The number of amides is 6. The number of carbonyl (C=O) groups excluding carboxylic acids is 3. The summed E-state index contributed by atoms with van der Waals surface area (Å²) in [4.78, 5) is 39.6. The van der Waals surface area contributed by atoms with Crippen LogP contribution in [-0.2, 0) is 49.7 Å². The Morgan fingerprint density at radius 3 is 0.903 bits per heavy atom. The number of methoxy groups -OCH3 is 3. The third-order valence-corrected chi connectivity index (χ3v) is 15.4. The summed E-state index contributed by atoms with van der Waals surface area (Å²) in [6.45, 7) is 1.22. The molecule has 378 valence electrons. The van der Waals surface area contributed by atoms with E-state index >= 15 is 0 Å². The molecule has 0 saturated heterocycles. The zero-order chi connectivity index (χ0) is 52.0. The van der Waals surface area contributed by atoms with Crippen LogP contribution in [0.4, 0.5) is 48.5 Å². The number of anilines is 6. The molecule has 21 nitrogen and oxygen atoms in total. The minimum Gasteiger partial charge on any atom is -0.495 e. The normalized spacial score (nSPS) is 13.9. The Morgan fingerprint density at radius 2 is 0.653 bits per heavy atom. The van der Waals surface area contributed by atoms with Crippen LogP contribution in [0.15, 0.2) is 142 Å². The Bertz CT molecular complexity index is 3040. The largest absolute Gasteiger partial charge is 0.495 e. The van der Waals surface area contributed by atoms with E-state index in [1.165, 1.54) is 54.2 Å². The Morgan fingerprint density at radius 1 is 0.403 bits per heavy atom. The number of hydrogen-bond donors (Lipinski definition) is 6. The molecule has 3 aliphatic rings. The van der Waals surface area contributed by atoms with Crippen molar-refractivity contribution < 1.29 is 53.8 Å². The first-order valence-electron chi connectivity index (χ1n) is 21.6. The van der Waals surface area contributed by atoms with E-state index in [-0.39, 0.29) is 50.0 Å². The van der Waals surface area contributed by atoms with Gasteiger partial charge in [0.1, 0.15) is 31.9 Å². The van der Waals surface area contributed by atoms with Crippen LogP contribution in [0.3, 0.4) is 0 Å². The fourth-order valence-corrected chi connectivity index (χ4v) is 11.2. The highest BCUT2D eigenvalue weighted by molar-refractivity contribution is 7.93. The molecule has 24 heteroatoms. The molecule has 0 radical (unpaired) electrons. The van der Waals surface area contributed by atoms with Crippen molar-refractivity contribution >= 4 is 82.3 Å². The highest BCUT2D eigenvalue weighted by atomic mass is 32.2. The topological polar surface area (TPSA) is 263 Å². The molecular weight excluding hydrogens is 991 g/mol. The number of nitrogens with one attached hydrogen (secondary N) is 6. The highest BCUT2D eigenvalue weighted by Crippen LogP contribution is 2.33. The standard InChI is InChI=1S/3C16H17N3O4S/c3*1-19-10-11-9-12(7-8-13(11)17-16(19)20)18-24(21,22)15-6-4-3-5-14(15)23-2/h3*3-9,18H,10H2,1-2H3,(H,17,20). The zero-order valence-electron chi connectivity index (χ0n) is 39.7. The van der Waals surface area contributed by atoms with Crippen LogP contribution in [0.25, 0.3) is 0 Å². The van der Waals surface area contributed by atoms with Crippen molar-refractivity contribution in [1.82, 2.24) is 14.7 Å². The molecule has 6 aromatic carbocycles. The molecule has 0 aliphatic carbocycles. The van der Waals surface area contributed by atoms with E-state index in [1.807, 2.05) is 0 Å². The van der Waals surface area contributed by atoms with Crippen molar-refractivity contribution in [1.29, 1.82) is 0 Å². The summed E-state index contributed by atoms with van der Waals surface area (Å²) >= 11 is 0. The van der Waals surface area contributed by atoms with Crippen molar-refractivity contribution in [2.24, 2.45) is 0 Å². The SMILES string of the molecule is COc1ccccc1S(=O)(=O)Nc1ccc2c(c1)CN(C)C(=O)N2.COc1ccccc1S(=O)(=O)Nc1ccc2c(c1)CN(C)C(=O)N2.COc1ccccc1S(=O)(=O)Nc1ccc2c(c1)CN(C)C(=O)N2. The van der Waals surface area contributed by atoms with E-state index in [4.69, 9.17) is 14.2 Å². The maximum absolute atomic E-state index is 12.6. The van der Waals surface area contributed by atoms with Gasteiger partial charge < -0.3 is 44.9 Å². The highest BCUT2D eigenvalue weighted by Gasteiger charge is 2.26. The van der Waals surface area contributed by atoms with Gasteiger partial charge >= 0.3 is 18.1 Å². The average Bonchev–Trinajstić information content (AvgIpc) is 3.35. The van der Waals surface area contributed by atoms with E-state index in [9.17, 15) is 39.6 Å². The molecule has 0 fully saturated rings. The number of nitrogens with zero attached hydrogens (tertiary/aromatic N) is 3. The van der Waals surface area contributed by atoms with Gasteiger partial charge in [0.05, 0.1) is 21.3 Å². The van der Waals surface area contributed by atoms with E-state index < -0.39 is 30.1 Å². The molecule has 0 spiro atoms. The summed E-state index contributed by atoms with van der Waals surface area (Å²) in [5.41, 5.74) is 5.79. The molecule has 9 rings (SSSR count). The monoisotopic (exact) mass is 1040 g/mol. The van der Waals surface area contributed by atoms with Gasteiger partial charge in [-0.2, -0.15) is 0 Å². The van der Waals surface area contributed by atoms with Crippen molar-refractivity contribution in [3.8, 4) is 17.2 Å². The lowest BCUT2D eigenvalue weighted by molar-refractivity contribution is 0.218. The van der Waals surface area contributed by atoms with Crippen LogP contribution < -0.4 is 44.3 Å². The number of hydrogen-bond acceptors (Lipinski definition) is 12. The summed E-state index contributed by atoms with van der Waals surface area (Å²) in [7, 11) is -2.07. The third-order valence-electron chi connectivity index (χ3n) is 11.1. The number of rotatable bonds is 12. The minimum absolute atomic E-state index is 0.0654. The maximum atomic E-state index is 12.6. The smallest absolute Gasteiger partial charge is 0.321 e. The molecule has 0 saturated carbocycles. The molecule has 0 atom stereocenters. The second-order valence-electron chi connectivity index (χ2n) is 16.2. The quantitative estimate of drug-likeness (QED) is 0.0700. The number of benzene rings is 6. The van der Waals surface area contributed by atoms with Crippen molar-refractivity contribution in [2.75, 3.05) is 72.6 Å². The predicted octanol–water partition coefficient (Wildman–Crippen LogP) is 7.42. The minimum atomic E-state index is -3.78. The molecule has 3 aliphatic heterocycles. The summed E-state index contributed by atoms with van der Waals surface area (Å²) in [6, 6.07) is 33.6. The van der Waals surface area contributed by atoms with Crippen LogP contribution in [0.5, 0.6) is 17.2 Å². The van der Waals surface area contributed by atoms with Gasteiger partial charge in [-0.15, -0.1) is 0 Å². The predicted molar refractivity (Wildman–Crippen MR) is 272 cm³/mol. The molecular formula is C48H51N9O12S3. The fourth-order valence-electron chi connectivity index (χ4n) is 7.50. The maximum Gasteiger partial charge on any atom is 0.321 e. The molecule has 6 aromatic rings. The number of para-hydroxylation sites is 3. The summed E-state index contributed by atoms with van der Waals surface area (Å²) in [5.74, 6) is 0.819. The molecule has 0 unspecified atom stereocenters. The number of carbonyl (C=O) groups is 3. The van der Waals surface area contributed by atoms with Gasteiger partial charge in [0.2, 0.25) is 0 Å². The first kappa shape index (κ1) is 51.6. The first-order valence-corrected chi connectivity index (χ1v) is 26.1. The molecule has 0 aromatic heterocycles. The second-order valence-corrected chi connectivity index (χ2v) is 21.2. The van der Waals surface area contributed by atoms with Crippen LogP contribution in [0.1, 0.15) is 16.7 Å². The van der Waals surface area contributed by atoms with E-state index in [1.54, 1.807) is 130 Å². The summed E-state index contributed by atoms with van der Waals surface area (Å²) in [5, 5.41) is 8.22. The Labute approximate surface area is 417 Å². The Kier molecular flexibility index (Phi) is 15.4. The van der Waals surface area contributed by atoms with Crippen molar-refractivity contribution in [2.45, 2.75) is 34.3 Å². The van der Waals surface area contributed by atoms with Gasteiger partial charge in [0.15, 0.2) is 0 Å².